The summed E-state index contributed by atoms with van der Waals surface area (Å²) in [4.78, 5) is 46.5. The standard InChI is InChI=1S/C30H33FN4O5S/c1-30(2,3)40-29(38)34-12-5-6-18(11-13-34)22-10-8-20(31)14-24(22)32-26(36)25-17-41-28(33-25)35-16-19-7-9-21(39-4)15-23(19)27(35)37/h7-10,14-15,17-18H,5-6,11-13,16H2,1-4H3,(H,32,36). The Morgan fingerprint density at radius 3 is 2.68 bits per heavy atom. The molecule has 2 aliphatic heterocycles. The molecular weight excluding hydrogens is 547 g/mol. The summed E-state index contributed by atoms with van der Waals surface area (Å²) in [5.74, 6) is -0.559. The Bertz CT molecular complexity index is 1480. The molecule has 0 radical (unpaired) electrons. The fourth-order valence-corrected chi connectivity index (χ4v) is 5.95. The van der Waals surface area contributed by atoms with Gasteiger partial charge in [-0.1, -0.05) is 12.1 Å². The molecule has 5 rings (SSSR count). The Balaban J connectivity index is 1.29. The molecule has 3 amide bonds. The molecule has 1 N–H and O–H groups in total. The molecule has 9 nitrogen and oxygen atoms in total. The van der Waals surface area contributed by atoms with Crippen LogP contribution in [0.15, 0.2) is 41.8 Å². The van der Waals surface area contributed by atoms with Crippen molar-refractivity contribution in [2.24, 2.45) is 0 Å². The highest BCUT2D eigenvalue weighted by molar-refractivity contribution is 7.14. The molecule has 0 saturated carbocycles. The Kier molecular flexibility index (Phi) is 7.99. The molecule has 2 aliphatic rings. The smallest absolute Gasteiger partial charge is 0.410 e. The fourth-order valence-electron chi connectivity index (χ4n) is 5.15. The molecule has 0 bridgehead atoms. The molecule has 2 aromatic carbocycles. The number of carbonyl (C=O) groups is 3. The van der Waals surface area contributed by atoms with Gasteiger partial charge in [0.2, 0.25) is 0 Å². The first-order valence-corrected chi connectivity index (χ1v) is 14.4. The predicted molar refractivity (Wildman–Crippen MR) is 154 cm³/mol. The van der Waals surface area contributed by atoms with Gasteiger partial charge in [-0.3, -0.25) is 14.5 Å². The molecule has 3 heterocycles. The van der Waals surface area contributed by atoms with E-state index in [0.717, 1.165) is 24.0 Å². The van der Waals surface area contributed by atoms with Crippen molar-refractivity contribution in [2.75, 3.05) is 30.4 Å². The Morgan fingerprint density at radius 2 is 1.93 bits per heavy atom. The first kappa shape index (κ1) is 28.5. The normalized spacial score (nSPS) is 17.2. The number of aromatic nitrogens is 1. The lowest BCUT2D eigenvalue weighted by Gasteiger charge is -2.26. The van der Waals surface area contributed by atoms with Crippen LogP contribution in [0.3, 0.4) is 0 Å². The van der Waals surface area contributed by atoms with Crippen LogP contribution in [-0.2, 0) is 11.3 Å². The second kappa shape index (κ2) is 11.5. The Labute approximate surface area is 242 Å². The molecule has 0 spiro atoms. The van der Waals surface area contributed by atoms with Crippen LogP contribution in [0.2, 0.25) is 0 Å². The molecule has 1 saturated heterocycles. The van der Waals surface area contributed by atoms with E-state index < -0.39 is 17.3 Å². The van der Waals surface area contributed by atoms with E-state index in [2.05, 4.69) is 10.3 Å². The number of fused-ring (bicyclic) bond motifs is 1. The summed E-state index contributed by atoms with van der Waals surface area (Å²) >= 11 is 1.19. The van der Waals surface area contributed by atoms with Gasteiger partial charge in [0, 0.05) is 29.7 Å². The van der Waals surface area contributed by atoms with Crippen LogP contribution >= 0.6 is 11.3 Å². The minimum atomic E-state index is -0.577. The number of rotatable bonds is 5. The highest BCUT2D eigenvalue weighted by Crippen LogP contribution is 2.35. The maximum absolute atomic E-state index is 14.3. The van der Waals surface area contributed by atoms with Gasteiger partial charge in [0.1, 0.15) is 22.9 Å². The van der Waals surface area contributed by atoms with Crippen molar-refractivity contribution < 1.29 is 28.2 Å². The quantitative estimate of drug-likeness (QED) is 0.385. The second-order valence-electron chi connectivity index (χ2n) is 11.2. The minimum absolute atomic E-state index is 0.0158. The van der Waals surface area contributed by atoms with Crippen molar-refractivity contribution in [2.45, 2.75) is 58.1 Å². The van der Waals surface area contributed by atoms with Crippen molar-refractivity contribution in [3.05, 3.63) is 70.0 Å². The molecule has 3 aromatic rings. The highest BCUT2D eigenvalue weighted by Gasteiger charge is 2.32. The molecule has 1 unspecified atom stereocenters. The number of ether oxygens (including phenoxy) is 2. The van der Waals surface area contributed by atoms with Crippen LogP contribution in [0.4, 0.5) is 20.0 Å². The summed E-state index contributed by atoms with van der Waals surface area (Å²) in [7, 11) is 1.54. The average molecular weight is 581 g/mol. The summed E-state index contributed by atoms with van der Waals surface area (Å²) in [6.07, 6.45) is 1.83. The average Bonchev–Trinajstić information content (AvgIpc) is 3.44. The largest absolute Gasteiger partial charge is 0.497 e. The number of amides is 3. The Hall–Kier alpha value is -3.99. The number of hydrogen-bond donors (Lipinski definition) is 1. The van der Waals surface area contributed by atoms with Gasteiger partial charge in [0.25, 0.3) is 11.8 Å². The van der Waals surface area contributed by atoms with Gasteiger partial charge in [-0.2, -0.15) is 0 Å². The van der Waals surface area contributed by atoms with Crippen LogP contribution in [0.1, 0.15) is 77.9 Å². The molecule has 0 aliphatic carbocycles. The highest BCUT2D eigenvalue weighted by atomic mass is 32.1. The number of thiazole rings is 1. The SMILES string of the molecule is COc1ccc2c(c1)C(=O)N(c1nc(C(=O)Nc3cc(F)ccc3C3CCCN(C(=O)OC(C)(C)C)CC3)cs1)C2. The summed E-state index contributed by atoms with van der Waals surface area (Å²) < 4.78 is 25.1. The third-order valence-corrected chi connectivity index (χ3v) is 8.02. The molecule has 216 valence electrons. The van der Waals surface area contributed by atoms with Crippen LogP contribution in [0.5, 0.6) is 5.75 Å². The van der Waals surface area contributed by atoms with E-state index in [1.54, 1.807) is 35.6 Å². The maximum Gasteiger partial charge on any atom is 0.410 e. The number of hydrogen-bond acceptors (Lipinski definition) is 7. The zero-order chi connectivity index (χ0) is 29.3. The van der Waals surface area contributed by atoms with Crippen molar-refractivity contribution >= 4 is 40.1 Å². The number of likely N-dealkylation sites (tertiary alicyclic amines) is 1. The van der Waals surface area contributed by atoms with E-state index in [-0.39, 0.29) is 23.6 Å². The zero-order valence-electron chi connectivity index (χ0n) is 23.5. The van der Waals surface area contributed by atoms with Gasteiger partial charge < -0.3 is 19.7 Å². The number of carbonyl (C=O) groups excluding carboxylic acids is 3. The predicted octanol–water partition coefficient (Wildman–Crippen LogP) is 6.21. The van der Waals surface area contributed by atoms with E-state index in [4.69, 9.17) is 9.47 Å². The van der Waals surface area contributed by atoms with E-state index >= 15 is 0 Å². The van der Waals surface area contributed by atoms with Crippen LogP contribution < -0.4 is 15.0 Å². The summed E-state index contributed by atoms with van der Waals surface area (Å²) in [6.45, 7) is 6.93. The van der Waals surface area contributed by atoms with Crippen LogP contribution in [0, 0.1) is 5.82 Å². The van der Waals surface area contributed by atoms with E-state index in [1.165, 1.54) is 28.4 Å². The molecule has 1 aromatic heterocycles. The Morgan fingerprint density at radius 1 is 1.12 bits per heavy atom. The molecule has 1 fully saturated rings. The fraction of sp³-hybridized carbons (Fsp3) is 0.400. The van der Waals surface area contributed by atoms with Crippen molar-refractivity contribution in [3.63, 3.8) is 0 Å². The second-order valence-corrected chi connectivity index (χ2v) is 12.0. The molecular formula is C30H33FN4O5S. The van der Waals surface area contributed by atoms with E-state index in [0.29, 0.717) is 48.2 Å². The van der Waals surface area contributed by atoms with Crippen LogP contribution in [-0.4, -0.2) is 53.6 Å². The molecule has 1 atom stereocenters. The van der Waals surface area contributed by atoms with Crippen LogP contribution in [0.25, 0.3) is 0 Å². The topological polar surface area (TPSA) is 101 Å². The van der Waals surface area contributed by atoms with Gasteiger partial charge in [-0.05, 0) is 81.3 Å². The van der Waals surface area contributed by atoms with Gasteiger partial charge in [-0.25, -0.2) is 14.2 Å². The first-order valence-electron chi connectivity index (χ1n) is 13.6. The molecule has 41 heavy (non-hydrogen) atoms. The summed E-state index contributed by atoms with van der Waals surface area (Å²) in [5, 5.41) is 4.83. The zero-order valence-corrected chi connectivity index (χ0v) is 24.3. The van der Waals surface area contributed by atoms with Crippen molar-refractivity contribution in [1.29, 1.82) is 0 Å². The number of nitrogens with one attached hydrogen (secondary N) is 1. The lowest BCUT2D eigenvalue weighted by Crippen LogP contribution is -2.37. The number of anilines is 2. The third kappa shape index (κ3) is 6.35. The van der Waals surface area contributed by atoms with Gasteiger partial charge >= 0.3 is 6.09 Å². The third-order valence-electron chi connectivity index (χ3n) is 7.16. The van der Waals surface area contributed by atoms with Crippen molar-refractivity contribution in [1.82, 2.24) is 9.88 Å². The van der Waals surface area contributed by atoms with Gasteiger partial charge in [-0.15, -0.1) is 11.3 Å². The minimum Gasteiger partial charge on any atom is -0.497 e. The monoisotopic (exact) mass is 580 g/mol. The lowest BCUT2D eigenvalue weighted by atomic mass is 9.90. The number of benzene rings is 2. The van der Waals surface area contributed by atoms with Crippen molar-refractivity contribution in [3.8, 4) is 5.75 Å². The maximum atomic E-state index is 14.3. The van der Waals surface area contributed by atoms with E-state index in [1.807, 2.05) is 26.8 Å². The molecule has 11 heteroatoms. The van der Waals surface area contributed by atoms with Gasteiger partial charge in [0.05, 0.1) is 13.7 Å². The lowest BCUT2D eigenvalue weighted by molar-refractivity contribution is 0.0256. The van der Waals surface area contributed by atoms with Gasteiger partial charge in [0.15, 0.2) is 5.13 Å². The number of halogens is 1. The summed E-state index contributed by atoms with van der Waals surface area (Å²) in [5.41, 5.74) is 2.14. The number of nitrogens with zero attached hydrogens (tertiary/aromatic N) is 3. The first-order chi connectivity index (χ1) is 19.5. The summed E-state index contributed by atoms with van der Waals surface area (Å²) in [6, 6.07) is 9.73. The van der Waals surface area contributed by atoms with E-state index in [9.17, 15) is 18.8 Å². The number of methoxy groups -OCH3 is 1.